The van der Waals surface area contributed by atoms with Crippen molar-refractivity contribution >= 4 is 22.2 Å². The summed E-state index contributed by atoms with van der Waals surface area (Å²) in [5.41, 5.74) is 12.6. The fourth-order valence-corrected chi connectivity index (χ4v) is 5.80. The van der Waals surface area contributed by atoms with Gasteiger partial charge in [0.15, 0.2) is 5.82 Å². The molecule has 8 nitrogen and oxygen atoms in total. The average molecular weight is 510 g/mol. The summed E-state index contributed by atoms with van der Waals surface area (Å²) in [5.74, 6) is 0.482. The van der Waals surface area contributed by atoms with E-state index in [9.17, 15) is 5.11 Å². The van der Waals surface area contributed by atoms with Gasteiger partial charge in [-0.3, -0.25) is 9.58 Å². The number of hydrogen-bond donors (Lipinski definition) is 2. The third-order valence-electron chi connectivity index (χ3n) is 7.80. The number of aryl methyl sites for hydroxylation is 1. The normalized spacial score (nSPS) is 16.5. The maximum absolute atomic E-state index is 9.71. The molecule has 6 rings (SSSR count). The van der Waals surface area contributed by atoms with Crippen molar-refractivity contribution in [3.05, 3.63) is 78.4 Å². The molecule has 3 aromatic heterocycles. The molecular weight excluding hydrogens is 474 g/mol. The Hall–Kier alpha value is -3.75. The van der Waals surface area contributed by atoms with Crippen LogP contribution < -0.4 is 5.73 Å². The van der Waals surface area contributed by atoms with Crippen LogP contribution in [0.1, 0.15) is 43.4 Å². The van der Waals surface area contributed by atoms with E-state index >= 15 is 0 Å². The van der Waals surface area contributed by atoms with Gasteiger partial charge in [-0.15, -0.1) is 0 Å². The Morgan fingerprint density at radius 3 is 2.79 bits per heavy atom. The highest BCUT2D eigenvalue weighted by atomic mass is 16.3. The van der Waals surface area contributed by atoms with E-state index in [4.69, 9.17) is 10.8 Å². The summed E-state index contributed by atoms with van der Waals surface area (Å²) in [7, 11) is 0. The summed E-state index contributed by atoms with van der Waals surface area (Å²) in [6.07, 6.45) is 10.2. The molecule has 0 radical (unpaired) electrons. The van der Waals surface area contributed by atoms with Gasteiger partial charge in [0.2, 0.25) is 0 Å². The molecule has 1 atom stereocenters. The monoisotopic (exact) mass is 509 g/mol. The number of aliphatic hydroxyl groups excluding tert-OH is 1. The summed E-state index contributed by atoms with van der Waals surface area (Å²) >= 11 is 0. The van der Waals surface area contributed by atoms with Gasteiger partial charge >= 0.3 is 0 Å². The number of benzene rings is 2. The number of rotatable bonds is 9. The molecule has 5 aromatic rings. The highest BCUT2D eigenvalue weighted by Crippen LogP contribution is 2.32. The SMILES string of the molecule is Nc1ncnn2c(CCCCN3CCCCC3CO)cc(-c3ccc4cn(Cc5ccccc5)nc4c3)c12. The number of likely N-dealkylation sites (tertiary alicyclic amines) is 1. The second-order valence-corrected chi connectivity index (χ2v) is 10.4. The minimum absolute atomic E-state index is 0.262. The lowest BCUT2D eigenvalue weighted by Gasteiger charge is -2.34. The summed E-state index contributed by atoms with van der Waals surface area (Å²) in [5, 5.41) is 20.2. The number of nitrogen functional groups attached to an aromatic ring is 1. The lowest BCUT2D eigenvalue weighted by Crippen LogP contribution is -2.42. The van der Waals surface area contributed by atoms with Crippen molar-refractivity contribution < 1.29 is 5.11 Å². The lowest BCUT2D eigenvalue weighted by atomic mass is 10.0. The molecule has 1 aliphatic rings. The molecule has 8 heteroatoms. The molecule has 196 valence electrons. The van der Waals surface area contributed by atoms with E-state index in [-0.39, 0.29) is 6.61 Å². The summed E-state index contributed by atoms with van der Waals surface area (Å²) in [6, 6.07) is 19.3. The molecule has 0 aliphatic carbocycles. The molecule has 3 N–H and O–H groups in total. The van der Waals surface area contributed by atoms with Gasteiger partial charge < -0.3 is 10.8 Å². The summed E-state index contributed by atoms with van der Waals surface area (Å²) in [4.78, 5) is 6.75. The van der Waals surface area contributed by atoms with Crippen molar-refractivity contribution in [1.82, 2.24) is 29.3 Å². The van der Waals surface area contributed by atoms with Crippen LogP contribution in [0.5, 0.6) is 0 Å². The summed E-state index contributed by atoms with van der Waals surface area (Å²) in [6.45, 7) is 3.12. The first-order valence-electron chi connectivity index (χ1n) is 13.7. The number of anilines is 1. The van der Waals surface area contributed by atoms with Crippen LogP contribution in [0.25, 0.3) is 27.5 Å². The zero-order chi connectivity index (χ0) is 25.9. The number of nitrogens with two attached hydrogens (primary N) is 1. The van der Waals surface area contributed by atoms with Crippen LogP contribution in [0, 0.1) is 0 Å². The van der Waals surface area contributed by atoms with Gasteiger partial charge in [-0.25, -0.2) is 9.50 Å². The van der Waals surface area contributed by atoms with Crippen LogP contribution in [-0.4, -0.2) is 60.1 Å². The maximum atomic E-state index is 9.71. The van der Waals surface area contributed by atoms with E-state index in [1.54, 1.807) is 0 Å². The van der Waals surface area contributed by atoms with Crippen molar-refractivity contribution in [1.29, 1.82) is 0 Å². The van der Waals surface area contributed by atoms with Gasteiger partial charge in [-0.1, -0.05) is 48.9 Å². The number of unbranched alkanes of at least 4 members (excludes halogenated alkanes) is 1. The topological polar surface area (TPSA) is 97.5 Å². The highest BCUT2D eigenvalue weighted by Gasteiger charge is 2.21. The second-order valence-electron chi connectivity index (χ2n) is 10.4. The molecule has 4 heterocycles. The average Bonchev–Trinajstić information content (AvgIpc) is 3.53. The first-order chi connectivity index (χ1) is 18.7. The number of hydrogen-bond acceptors (Lipinski definition) is 6. The van der Waals surface area contributed by atoms with Gasteiger partial charge in [0.05, 0.1) is 18.7 Å². The largest absolute Gasteiger partial charge is 0.395 e. The minimum atomic E-state index is 0.262. The van der Waals surface area contributed by atoms with Crippen LogP contribution in [0.3, 0.4) is 0 Å². The maximum Gasteiger partial charge on any atom is 0.151 e. The Balaban J connectivity index is 1.23. The fraction of sp³-hybridized carbons (Fsp3) is 0.367. The van der Waals surface area contributed by atoms with E-state index in [0.29, 0.717) is 11.9 Å². The van der Waals surface area contributed by atoms with E-state index in [1.807, 2.05) is 15.3 Å². The van der Waals surface area contributed by atoms with Crippen molar-refractivity contribution in [2.75, 3.05) is 25.4 Å². The predicted octanol–water partition coefficient (Wildman–Crippen LogP) is 4.55. The molecule has 2 aromatic carbocycles. The molecule has 0 bridgehead atoms. The molecular formula is C30H35N7O. The van der Waals surface area contributed by atoms with Gasteiger partial charge in [-0.05, 0) is 68.5 Å². The first-order valence-corrected chi connectivity index (χ1v) is 13.7. The van der Waals surface area contributed by atoms with Crippen LogP contribution in [-0.2, 0) is 13.0 Å². The molecule has 0 saturated carbocycles. The molecule has 0 spiro atoms. The Morgan fingerprint density at radius 2 is 1.92 bits per heavy atom. The Morgan fingerprint density at radius 1 is 1.03 bits per heavy atom. The Kier molecular flexibility index (Phi) is 7.07. The molecule has 1 saturated heterocycles. The van der Waals surface area contributed by atoms with Gasteiger partial charge in [0, 0.05) is 28.9 Å². The Labute approximate surface area is 222 Å². The second kappa shape index (κ2) is 10.9. The number of piperidine rings is 1. The van der Waals surface area contributed by atoms with Crippen LogP contribution in [0.15, 0.2) is 67.1 Å². The molecule has 1 unspecified atom stereocenters. The van der Waals surface area contributed by atoms with Crippen molar-refractivity contribution in [2.45, 2.75) is 51.1 Å². The van der Waals surface area contributed by atoms with E-state index in [0.717, 1.165) is 78.6 Å². The lowest BCUT2D eigenvalue weighted by molar-refractivity contribution is 0.0888. The zero-order valence-electron chi connectivity index (χ0n) is 21.7. The third kappa shape index (κ3) is 5.01. The van der Waals surface area contributed by atoms with Crippen LogP contribution in [0.2, 0.25) is 0 Å². The highest BCUT2D eigenvalue weighted by molar-refractivity contribution is 5.92. The van der Waals surface area contributed by atoms with Gasteiger partial charge in [0.25, 0.3) is 0 Å². The van der Waals surface area contributed by atoms with E-state index in [2.05, 4.69) is 69.7 Å². The third-order valence-corrected chi connectivity index (χ3v) is 7.80. The predicted molar refractivity (Wildman–Crippen MR) is 151 cm³/mol. The quantitative estimate of drug-likeness (QED) is 0.283. The number of aliphatic hydroxyl groups is 1. The van der Waals surface area contributed by atoms with Gasteiger partial charge in [0.1, 0.15) is 11.8 Å². The molecule has 1 fully saturated rings. The zero-order valence-corrected chi connectivity index (χ0v) is 21.7. The number of nitrogens with zero attached hydrogens (tertiary/aromatic N) is 6. The van der Waals surface area contributed by atoms with Crippen LogP contribution >= 0.6 is 0 Å². The molecule has 38 heavy (non-hydrogen) atoms. The van der Waals surface area contributed by atoms with Gasteiger partial charge in [-0.2, -0.15) is 10.2 Å². The number of aromatic nitrogens is 5. The standard InChI is InChI=1S/C30H35N7O/c31-30-29-27(23-12-13-24-19-36(34-28(24)16-23)18-22-8-2-1-3-9-22)17-25(37(29)33-21-32-30)10-4-6-14-35-15-7-5-11-26(35)20-38/h1-3,8-9,12-13,16-17,19,21,26,38H,4-7,10-11,14-15,18,20H2,(H2,31,32,33). The Bertz CT molecular complexity index is 1520. The smallest absolute Gasteiger partial charge is 0.151 e. The van der Waals surface area contributed by atoms with Crippen LogP contribution in [0.4, 0.5) is 5.82 Å². The molecule has 1 aliphatic heterocycles. The van der Waals surface area contributed by atoms with Crippen molar-refractivity contribution in [2.24, 2.45) is 0 Å². The van der Waals surface area contributed by atoms with Crippen molar-refractivity contribution in [3.8, 4) is 11.1 Å². The van der Waals surface area contributed by atoms with Crippen molar-refractivity contribution in [3.63, 3.8) is 0 Å². The number of fused-ring (bicyclic) bond motifs is 2. The van der Waals surface area contributed by atoms with E-state index in [1.165, 1.54) is 24.7 Å². The summed E-state index contributed by atoms with van der Waals surface area (Å²) < 4.78 is 3.95. The van der Waals surface area contributed by atoms with E-state index < -0.39 is 0 Å². The fourth-order valence-electron chi connectivity index (χ4n) is 5.80. The first kappa shape index (κ1) is 24.6. The molecule has 0 amide bonds. The minimum Gasteiger partial charge on any atom is -0.395 e.